The molecule has 2 aromatic carbocycles. The largest absolute Gasteiger partial charge is 0.478 e. The number of aromatic carboxylic acids is 1. The standard InChI is InChI=1S/C20H20ClNO2/c1-22(19-7-6-14(20(23)24)11-18(19)21)17-9-15(12-2-3-12)8-16(10-17)13-4-5-13/h6-13H,2-5H2,1H3,(H,23,24). The van der Waals surface area contributed by atoms with Crippen molar-refractivity contribution in [1.29, 1.82) is 0 Å². The highest BCUT2D eigenvalue weighted by Crippen LogP contribution is 2.47. The van der Waals surface area contributed by atoms with E-state index in [2.05, 4.69) is 23.1 Å². The number of hydrogen-bond donors (Lipinski definition) is 1. The Morgan fingerprint density at radius 2 is 1.62 bits per heavy atom. The summed E-state index contributed by atoms with van der Waals surface area (Å²) in [5.41, 5.74) is 5.03. The van der Waals surface area contributed by atoms with Crippen molar-refractivity contribution in [1.82, 2.24) is 0 Å². The van der Waals surface area contributed by atoms with Crippen LogP contribution in [0.2, 0.25) is 5.02 Å². The molecule has 2 fully saturated rings. The molecule has 0 aliphatic heterocycles. The average molecular weight is 342 g/mol. The molecule has 2 aliphatic carbocycles. The molecule has 0 aromatic heterocycles. The molecule has 0 saturated heterocycles. The molecule has 0 bridgehead atoms. The van der Waals surface area contributed by atoms with E-state index in [1.807, 2.05) is 7.05 Å². The lowest BCUT2D eigenvalue weighted by molar-refractivity contribution is 0.0697. The third-order valence-corrected chi connectivity index (χ3v) is 5.31. The number of rotatable bonds is 5. The van der Waals surface area contributed by atoms with E-state index in [0.29, 0.717) is 16.9 Å². The van der Waals surface area contributed by atoms with Crippen LogP contribution < -0.4 is 4.90 Å². The minimum Gasteiger partial charge on any atom is -0.478 e. The van der Waals surface area contributed by atoms with Crippen LogP contribution in [0.25, 0.3) is 0 Å². The van der Waals surface area contributed by atoms with Crippen LogP contribution in [0, 0.1) is 0 Å². The Morgan fingerprint density at radius 3 is 2.08 bits per heavy atom. The van der Waals surface area contributed by atoms with E-state index in [1.54, 1.807) is 12.1 Å². The number of carboxylic acids is 1. The number of carbonyl (C=O) groups is 1. The summed E-state index contributed by atoms with van der Waals surface area (Å²) in [5.74, 6) is 0.458. The van der Waals surface area contributed by atoms with Crippen molar-refractivity contribution in [3.63, 3.8) is 0 Å². The maximum atomic E-state index is 11.1. The second-order valence-electron chi connectivity index (χ2n) is 6.94. The molecule has 3 nitrogen and oxygen atoms in total. The van der Waals surface area contributed by atoms with Gasteiger partial charge in [0.05, 0.1) is 16.3 Å². The van der Waals surface area contributed by atoms with Crippen molar-refractivity contribution in [3.8, 4) is 0 Å². The summed E-state index contributed by atoms with van der Waals surface area (Å²) >= 11 is 6.34. The third-order valence-electron chi connectivity index (χ3n) is 5.00. The van der Waals surface area contributed by atoms with Gasteiger partial charge < -0.3 is 10.0 Å². The van der Waals surface area contributed by atoms with Crippen LogP contribution in [0.15, 0.2) is 36.4 Å². The number of benzene rings is 2. The minimum absolute atomic E-state index is 0.211. The molecule has 0 heterocycles. The molecule has 2 aromatic rings. The number of nitrogens with zero attached hydrogens (tertiary/aromatic N) is 1. The molecule has 24 heavy (non-hydrogen) atoms. The molecular formula is C20H20ClNO2. The Kier molecular flexibility index (Phi) is 3.76. The lowest BCUT2D eigenvalue weighted by Gasteiger charge is -2.23. The van der Waals surface area contributed by atoms with Crippen LogP contribution in [0.1, 0.15) is 59.0 Å². The van der Waals surface area contributed by atoms with Crippen LogP contribution in [-0.4, -0.2) is 18.1 Å². The SMILES string of the molecule is CN(c1cc(C2CC2)cc(C2CC2)c1)c1ccc(C(=O)O)cc1Cl. The fourth-order valence-electron chi connectivity index (χ4n) is 3.21. The van der Waals surface area contributed by atoms with Crippen LogP contribution >= 0.6 is 11.6 Å². The predicted molar refractivity (Wildman–Crippen MR) is 96.9 cm³/mol. The summed E-state index contributed by atoms with van der Waals surface area (Å²) in [6, 6.07) is 11.8. The molecule has 0 atom stereocenters. The summed E-state index contributed by atoms with van der Waals surface area (Å²) in [4.78, 5) is 13.1. The molecule has 1 N–H and O–H groups in total. The van der Waals surface area contributed by atoms with Gasteiger partial charge >= 0.3 is 5.97 Å². The van der Waals surface area contributed by atoms with Crippen molar-refractivity contribution in [3.05, 3.63) is 58.1 Å². The van der Waals surface area contributed by atoms with Crippen molar-refractivity contribution >= 4 is 28.9 Å². The van der Waals surface area contributed by atoms with E-state index >= 15 is 0 Å². The zero-order chi connectivity index (χ0) is 16.8. The summed E-state index contributed by atoms with van der Waals surface area (Å²) in [7, 11) is 1.99. The van der Waals surface area contributed by atoms with Gasteiger partial charge in [0.25, 0.3) is 0 Å². The lowest BCUT2D eigenvalue weighted by Crippen LogP contribution is -2.11. The van der Waals surface area contributed by atoms with E-state index in [-0.39, 0.29) is 5.56 Å². The highest BCUT2D eigenvalue weighted by molar-refractivity contribution is 6.33. The number of halogens is 1. The lowest BCUT2D eigenvalue weighted by atomic mass is 10.0. The third kappa shape index (κ3) is 3.01. The van der Waals surface area contributed by atoms with E-state index in [1.165, 1.54) is 42.9 Å². The van der Waals surface area contributed by atoms with Gasteiger partial charge in [-0.2, -0.15) is 0 Å². The highest BCUT2D eigenvalue weighted by atomic mass is 35.5. The Morgan fingerprint density at radius 1 is 1.04 bits per heavy atom. The van der Waals surface area contributed by atoms with E-state index in [4.69, 9.17) is 16.7 Å². The molecule has 0 unspecified atom stereocenters. The van der Waals surface area contributed by atoms with E-state index in [0.717, 1.165) is 11.4 Å². The van der Waals surface area contributed by atoms with Crippen molar-refractivity contribution in [2.75, 3.05) is 11.9 Å². The van der Waals surface area contributed by atoms with Gasteiger partial charge in [-0.3, -0.25) is 0 Å². The van der Waals surface area contributed by atoms with Crippen molar-refractivity contribution < 1.29 is 9.90 Å². The molecular weight excluding hydrogens is 322 g/mol. The topological polar surface area (TPSA) is 40.5 Å². The van der Waals surface area contributed by atoms with Crippen LogP contribution in [0.4, 0.5) is 11.4 Å². The molecule has 4 rings (SSSR count). The molecule has 0 amide bonds. The van der Waals surface area contributed by atoms with E-state index < -0.39 is 5.97 Å². The van der Waals surface area contributed by atoms with Gasteiger partial charge in [-0.05, 0) is 79.0 Å². The summed E-state index contributed by atoms with van der Waals surface area (Å²) in [5, 5.41) is 9.55. The van der Waals surface area contributed by atoms with Crippen LogP contribution in [-0.2, 0) is 0 Å². The second kappa shape index (κ2) is 5.82. The first-order valence-electron chi connectivity index (χ1n) is 8.44. The number of hydrogen-bond acceptors (Lipinski definition) is 2. The number of anilines is 2. The molecule has 0 radical (unpaired) electrons. The normalized spacial score (nSPS) is 16.9. The maximum Gasteiger partial charge on any atom is 0.335 e. The monoisotopic (exact) mass is 341 g/mol. The average Bonchev–Trinajstić information content (AvgIpc) is 3.46. The number of carboxylic acid groups (broad SMARTS) is 1. The summed E-state index contributed by atoms with van der Waals surface area (Å²) in [6.45, 7) is 0. The first-order valence-corrected chi connectivity index (χ1v) is 8.82. The minimum atomic E-state index is -0.960. The predicted octanol–water partition coefficient (Wildman–Crippen LogP) is 5.56. The molecule has 124 valence electrons. The fraction of sp³-hybridized carbons (Fsp3) is 0.350. The van der Waals surface area contributed by atoms with Gasteiger partial charge in [-0.25, -0.2) is 4.79 Å². The molecule has 4 heteroatoms. The van der Waals surface area contributed by atoms with E-state index in [9.17, 15) is 4.79 Å². The van der Waals surface area contributed by atoms with Gasteiger partial charge in [-0.15, -0.1) is 0 Å². The van der Waals surface area contributed by atoms with Gasteiger partial charge in [-0.1, -0.05) is 17.7 Å². The van der Waals surface area contributed by atoms with Gasteiger partial charge in [0, 0.05) is 12.7 Å². The Bertz CT molecular complexity index is 779. The maximum absolute atomic E-state index is 11.1. The molecule has 0 spiro atoms. The molecule has 2 saturated carbocycles. The Labute approximate surface area is 146 Å². The smallest absolute Gasteiger partial charge is 0.335 e. The Hall–Kier alpha value is -2.00. The van der Waals surface area contributed by atoms with Gasteiger partial charge in [0.15, 0.2) is 0 Å². The second-order valence-corrected chi connectivity index (χ2v) is 7.34. The van der Waals surface area contributed by atoms with Crippen molar-refractivity contribution in [2.45, 2.75) is 37.5 Å². The first kappa shape index (κ1) is 15.5. The van der Waals surface area contributed by atoms with Crippen LogP contribution in [0.3, 0.4) is 0 Å². The van der Waals surface area contributed by atoms with Gasteiger partial charge in [0.1, 0.15) is 0 Å². The highest BCUT2D eigenvalue weighted by Gasteiger charge is 2.29. The fourth-order valence-corrected chi connectivity index (χ4v) is 3.52. The summed E-state index contributed by atoms with van der Waals surface area (Å²) in [6.07, 6.45) is 5.13. The zero-order valence-corrected chi connectivity index (χ0v) is 14.4. The van der Waals surface area contributed by atoms with Gasteiger partial charge in [0.2, 0.25) is 0 Å². The summed E-state index contributed by atoms with van der Waals surface area (Å²) < 4.78 is 0. The van der Waals surface area contributed by atoms with Crippen LogP contribution in [0.5, 0.6) is 0 Å². The zero-order valence-electron chi connectivity index (χ0n) is 13.6. The van der Waals surface area contributed by atoms with Crippen molar-refractivity contribution in [2.24, 2.45) is 0 Å². The first-order chi connectivity index (χ1) is 11.5. The Balaban J connectivity index is 1.71. The molecule has 2 aliphatic rings. The quantitative estimate of drug-likeness (QED) is 0.773.